The zero-order valence-corrected chi connectivity index (χ0v) is 17.5. The van der Waals surface area contributed by atoms with Gasteiger partial charge in [-0.05, 0) is 55.2 Å². The molecule has 1 heterocycles. The van der Waals surface area contributed by atoms with Crippen LogP contribution in [-0.2, 0) is 16.0 Å². The highest BCUT2D eigenvalue weighted by Gasteiger charge is 2.07. The summed E-state index contributed by atoms with van der Waals surface area (Å²) in [5, 5.41) is 2.69. The lowest BCUT2D eigenvalue weighted by Crippen LogP contribution is -2.13. The van der Waals surface area contributed by atoms with Gasteiger partial charge in [-0.2, -0.15) is 0 Å². The van der Waals surface area contributed by atoms with E-state index >= 15 is 0 Å². The molecule has 0 bridgehead atoms. The maximum atomic E-state index is 12.5. The molecule has 5 heteroatoms. The van der Waals surface area contributed by atoms with Crippen LogP contribution in [0, 0.1) is 24.6 Å². The van der Waals surface area contributed by atoms with Crippen molar-refractivity contribution in [2.24, 2.45) is 11.8 Å². The average molecular weight is 387 g/mol. The van der Waals surface area contributed by atoms with Gasteiger partial charge in [0.05, 0.1) is 0 Å². The van der Waals surface area contributed by atoms with Crippen molar-refractivity contribution >= 4 is 17.4 Å². The fourth-order valence-corrected chi connectivity index (χ4v) is 2.32. The van der Waals surface area contributed by atoms with Gasteiger partial charge in [0.2, 0.25) is 5.91 Å². The molecule has 1 amide bonds. The Balaban J connectivity index is 0.000000280. The minimum atomic E-state index is -0.299. The van der Waals surface area contributed by atoms with Gasteiger partial charge >= 0.3 is 0 Å². The van der Waals surface area contributed by atoms with Crippen molar-refractivity contribution in [1.82, 2.24) is 4.98 Å². The van der Waals surface area contributed by atoms with Gasteiger partial charge < -0.3 is 5.32 Å². The maximum absolute atomic E-state index is 12.5. The van der Waals surface area contributed by atoms with Gasteiger partial charge in [0.1, 0.15) is 11.6 Å². The molecule has 1 N–H and O–H groups in total. The molecule has 0 aliphatic carbocycles. The number of carbonyl (C=O) groups is 2. The van der Waals surface area contributed by atoms with E-state index in [-0.39, 0.29) is 17.6 Å². The molecule has 152 valence electrons. The Kier molecular flexibility index (Phi) is 10.1. The van der Waals surface area contributed by atoms with Crippen molar-refractivity contribution in [1.29, 1.82) is 0 Å². The fourth-order valence-electron chi connectivity index (χ4n) is 2.32. The minimum absolute atomic E-state index is 0.0355. The number of ketones is 1. The summed E-state index contributed by atoms with van der Waals surface area (Å²) >= 11 is 0. The molecule has 0 spiro atoms. The Morgan fingerprint density at radius 3 is 2.18 bits per heavy atom. The fraction of sp³-hybridized carbons (Fsp3) is 0.435. The Morgan fingerprint density at radius 2 is 1.68 bits per heavy atom. The van der Waals surface area contributed by atoms with Gasteiger partial charge in [0.15, 0.2) is 0 Å². The summed E-state index contributed by atoms with van der Waals surface area (Å²) in [5.41, 5.74) is 2.80. The van der Waals surface area contributed by atoms with E-state index in [2.05, 4.69) is 10.3 Å². The van der Waals surface area contributed by atoms with E-state index in [1.54, 1.807) is 12.1 Å². The topological polar surface area (TPSA) is 59.1 Å². The lowest BCUT2D eigenvalue weighted by Gasteiger charge is -2.06. The van der Waals surface area contributed by atoms with Crippen molar-refractivity contribution < 1.29 is 14.0 Å². The first-order valence-electron chi connectivity index (χ1n) is 9.67. The number of rotatable bonds is 7. The number of halogens is 1. The Hall–Kier alpha value is -2.56. The van der Waals surface area contributed by atoms with E-state index in [1.165, 1.54) is 12.1 Å². The van der Waals surface area contributed by atoms with E-state index in [4.69, 9.17) is 0 Å². The molecule has 0 atom stereocenters. The van der Waals surface area contributed by atoms with Crippen LogP contribution < -0.4 is 5.32 Å². The van der Waals surface area contributed by atoms with Crippen LogP contribution in [0.5, 0.6) is 0 Å². The number of nitrogens with one attached hydrogen (secondary N) is 1. The number of hydrogen-bond donors (Lipinski definition) is 1. The number of anilines is 1. The largest absolute Gasteiger partial charge is 0.326 e. The molecular formula is C23H31FN2O2. The number of amides is 1. The highest BCUT2D eigenvalue weighted by atomic mass is 19.1. The van der Waals surface area contributed by atoms with Crippen LogP contribution in [-0.4, -0.2) is 16.7 Å². The van der Waals surface area contributed by atoms with Crippen molar-refractivity contribution in [3.8, 4) is 0 Å². The van der Waals surface area contributed by atoms with E-state index < -0.39 is 0 Å². The highest BCUT2D eigenvalue weighted by molar-refractivity contribution is 5.90. The molecule has 2 aromatic rings. The molecule has 0 fully saturated rings. The monoisotopic (exact) mass is 386 g/mol. The number of Topliss-reactive ketones (excluding diaryl/α,β-unsaturated/α-hetero) is 1. The lowest BCUT2D eigenvalue weighted by molar-refractivity contribution is -0.121. The van der Waals surface area contributed by atoms with E-state index in [0.717, 1.165) is 17.7 Å². The SMILES string of the molecule is CC(C)CC(=O)Nc1ccc(F)cc1.Cc1ccc(CCC(=O)C(C)C)cn1. The Bertz CT molecular complexity index is 738. The minimum Gasteiger partial charge on any atom is -0.326 e. The van der Waals surface area contributed by atoms with Crippen LogP contribution >= 0.6 is 0 Å². The zero-order chi connectivity index (χ0) is 21.1. The normalized spacial score (nSPS) is 10.4. The maximum Gasteiger partial charge on any atom is 0.224 e. The molecular weight excluding hydrogens is 355 g/mol. The van der Waals surface area contributed by atoms with E-state index in [9.17, 15) is 14.0 Å². The van der Waals surface area contributed by atoms with Crippen LogP contribution in [0.3, 0.4) is 0 Å². The third-order valence-electron chi connectivity index (χ3n) is 4.00. The molecule has 1 aromatic carbocycles. The van der Waals surface area contributed by atoms with E-state index in [0.29, 0.717) is 30.2 Å². The summed E-state index contributed by atoms with van der Waals surface area (Å²) in [6.45, 7) is 9.79. The summed E-state index contributed by atoms with van der Waals surface area (Å²) < 4.78 is 12.5. The van der Waals surface area contributed by atoms with E-state index in [1.807, 2.05) is 52.9 Å². The molecule has 0 saturated heterocycles. The van der Waals surface area contributed by atoms with Gasteiger partial charge in [-0.1, -0.05) is 33.8 Å². The quantitative estimate of drug-likeness (QED) is 0.697. The van der Waals surface area contributed by atoms with Crippen LogP contribution in [0.15, 0.2) is 42.6 Å². The second-order valence-electron chi connectivity index (χ2n) is 7.58. The second kappa shape index (κ2) is 12.0. The number of aromatic nitrogens is 1. The molecule has 0 aliphatic heterocycles. The van der Waals surface area contributed by atoms with Gasteiger partial charge in [0, 0.05) is 36.3 Å². The van der Waals surface area contributed by atoms with Crippen LogP contribution in [0.1, 0.15) is 51.8 Å². The van der Waals surface area contributed by atoms with Crippen LogP contribution in [0.25, 0.3) is 0 Å². The van der Waals surface area contributed by atoms with Gasteiger partial charge in [-0.15, -0.1) is 0 Å². The summed E-state index contributed by atoms with van der Waals surface area (Å²) in [6, 6.07) is 9.77. The first-order chi connectivity index (χ1) is 13.2. The third-order valence-corrected chi connectivity index (χ3v) is 4.00. The predicted molar refractivity (Wildman–Crippen MR) is 112 cm³/mol. The Morgan fingerprint density at radius 1 is 1.04 bits per heavy atom. The molecule has 0 saturated carbocycles. The van der Waals surface area contributed by atoms with Crippen molar-refractivity contribution in [3.05, 3.63) is 59.7 Å². The van der Waals surface area contributed by atoms with Gasteiger partial charge in [0.25, 0.3) is 0 Å². The van der Waals surface area contributed by atoms with Crippen molar-refractivity contribution in [2.75, 3.05) is 5.32 Å². The first-order valence-corrected chi connectivity index (χ1v) is 9.67. The van der Waals surface area contributed by atoms with Gasteiger partial charge in [-0.3, -0.25) is 14.6 Å². The summed E-state index contributed by atoms with van der Waals surface area (Å²) in [6.07, 6.45) is 3.77. The van der Waals surface area contributed by atoms with Crippen LogP contribution in [0.4, 0.5) is 10.1 Å². The number of hydrogen-bond acceptors (Lipinski definition) is 3. The number of nitrogens with zero attached hydrogens (tertiary/aromatic N) is 1. The summed E-state index contributed by atoms with van der Waals surface area (Å²) in [5.74, 6) is 0.466. The van der Waals surface area contributed by atoms with Crippen molar-refractivity contribution in [3.63, 3.8) is 0 Å². The number of pyridine rings is 1. The number of benzene rings is 1. The summed E-state index contributed by atoms with van der Waals surface area (Å²) in [4.78, 5) is 26.9. The molecule has 28 heavy (non-hydrogen) atoms. The Labute approximate surface area is 167 Å². The number of carbonyl (C=O) groups excluding carboxylic acids is 2. The third kappa shape index (κ3) is 9.95. The van der Waals surface area contributed by atoms with Gasteiger partial charge in [-0.25, -0.2) is 4.39 Å². The smallest absolute Gasteiger partial charge is 0.224 e. The molecule has 2 rings (SSSR count). The highest BCUT2D eigenvalue weighted by Crippen LogP contribution is 2.10. The molecule has 4 nitrogen and oxygen atoms in total. The zero-order valence-electron chi connectivity index (χ0n) is 17.5. The van der Waals surface area contributed by atoms with Crippen LogP contribution in [0.2, 0.25) is 0 Å². The molecule has 0 aliphatic rings. The predicted octanol–water partition coefficient (Wildman–Crippen LogP) is 5.36. The average Bonchev–Trinajstić information content (AvgIpc) is 2.62. The lowest BCUT2D eigenvalue weighted by atomic mass is 10.0. The molecule has 0 unspecified atom stereocenters. The number of aryl methyl sites for hydroxylation is 2. The molecule has 1 aromatic heterocycles. The first kappa shape index (κ1) is 23.5. The second-order valence-corrected chi connectivity index (χ2v) is 7.58. The molecule has 0 radical (unpaired) electrons. The standard InChI is InChI=1S/C12H17NO.C11H14FNO/c1-9(2)12(14)7-6-11-5-4-10(3)13-8-11;1-8(2)7-11(14)13-10-5-3-9(12)4-6-10/h4-5,8-9H,6-7H2,1-3H3;3-6,8H,7H2,1-2H3,(H,13,14). The van der Waals surface area contributed by atoms with Crippen molar-refractivity contribution in [2.45, 2.75) is 53.9 Å². The summed E-state index contributed by atoms with van der Waals surface area (Å²) in [7, 11) is 0.